The highest BCUT2D eigenvalue weighted by molar-refractivity contribution is 6.99. The standard InChI is InChI=1S/C24H34O4Si/c1-19(17-23(25)27-6)22(26-5)18-28-29(24(2,3)4,20-13-9-7-10-14-20)21-15-11-8-12-16-21/h7-16,19,22H,17-18H2,1-6H3/t19-,22+/m0/s1. The van der Waals surface area contributed by atoms with Crippen LogP contribution in [0.25, 0.3) is 0 Å². The fourth-order valence-corrected chi connectivity index (χ4v) is 8.48. The van der Waals surface area contributed by atoms with Gasteiger partial charge < -0.3 is 13.9 Å². The normalized spacial score (nSPS) is 14.3. The van der Waals surface area contributed by atoms with Gasteiger partial charge in [0.05, 0.1) is 26.2 Å². The molecule has 2 atom stereocenters. The Morgan fingerprint density at radius 1 is 0.931 bits per heavy atom. The predicted molar refractivity (Wildman–Crippen MR) is 120 cm³/mol. The molecule has 0 bridgehead atoms. The summed E-state index contributed by atoms with van der Waals surface area (Å²) in [6, 6.07) is 21.0. The third kappa shape index (κ3) is 5.35. The van der Waals surface area contributed by atoms with Gasteiger partial charge in [0.1, 0.15) is 0 Å². The first-order chi connectivity index (χ1) is 13.8. The summed E-state index contributed by atoms with van der Waals surface area (Å²) >= 11 is 0. The maximum absolute atomic E-state index is 11.7. The molecule has 0 aliphatic heterocycles. The molecule has 2 rings (SSSR count). The topological polar surface area (TPSA) is 44.8 Å². The van der Waals surface area contributed by atoms with Gasteiger partial charge in [0, 0.05) is 7.11 Å². The second-order valence-electron chi connectivity index (χ2n) is 8.51. The first-order valence-corrected chi connectivity index (χ1v) is 12.0. The molecule has 0 N–H and O–H groups in total. The van der Waals surface area contributed by atoms with Crippen LogP contribution < -0.4 is 10.4 Å². The summed E-state index contributed by atoms with van der Waals surface area (Å²) in [5.41, 5.74) is 0. The molecule has 0 unspecified atom stereocenters. The van der Waals surface area contributed by atoms with E-state index in [1.54, 1.807) is 7.11 Å². The van der Waals surface area contributed by atoms with Crippen molar-refractivity contribution >= 4 is 24.7 Å². The highest BCUT2D eigenvalue weighted by Gasteiger charge is 2.50. The zero-order chi connectivity index (χ0) is 21.5. The Morgan fingerprint density at radius 3 is 1.79 bits per heavy atom. The monoisotopic (exact) mass is 414 g/mol. The molecule has 0 spiro atoms. The summed E-state index contributed by atoms with van der Waals surface area (Å²) in [6.45, 7) is 9.17. The Hall–Kier alpha value is -1.95. The van der Waals surface area contributed by atoms with Crippen molar-refractivity contribution in [3.05, 3.63) is 60.7 Å². The lowest BCUT2D eigenvalue weighted by Gasteiger charge is -2.44. The Labute approximate surface area is 176 Å². The first-order valence-electron chi connectivity index (χ1n) is 10.1. The Balaban J connectivity index is 2.44. The number of benzene rings is 2. The lowest BCUT2D eigenvalue weighted by Crippen LogP contribution is -2.67. The van der Waals surface area contributed by atoms with Crippen molar-refractivity contribution in [3.8, 4) is 0 Å². The average Bonchev–Trinajstić information content (AvgIpc) is 2.71. The Morgan fingerprint density at radius 2 is 1.41 bits per heavy atom. The van der Waals surface area contributed by atoms with E-state index >= 15 is 0 Å². The number of hydrogen-bond acceptors (Lipinski definition) is 4. The van der Waals surface area contributed by atoms with Crippen molar-refractivity contribution in [2.75, 3.05) is 20.8 Å². The predicted octanol–water partition coefficient (Wildman–Crippen LogP) is 3.78. The van der Waals surface area contributed by atoms with Gasteiger partial charge in [-0.2, -0.15) is 0 Å². The number of carbonyl (C=O) groups excluding carboxylic acids is 1. The average molecular weight is 415 g/mol. The van der Waals surface area contributed by atoms with Gasteiger partial charge in [-0.1, -0.05) is 88.4 Å². The van der Waals surface area contributed by atoms with Crippen LogP contribution in [0.2, 0.25) is 5.04 Å². The van der Waals surface area contributed by atoms with E-state index in [2.05, 4.69) is 69.3 Å². The van der Waals surface area contributed by atoms with Crippen LogP contribution in [0.3, 0.4) is 0 Å². The minimum atomic E-state index is -2.62. The maximum Gasteiger partial charge on any atom is 0.305 e. The molecule has 0 radical (unpaired) electrons. The molecular formula is C24H34O4Si. The minimum Gasteiger partial charge on any atom is -0.469 e. The SMILES string of the molecule is COC(=O)C[C@H](C)[C@@H](CO[Si](c1ccccc1)(c1ccccc1)C(C)(C)C)OC. The number of hydrogen-bond donors (Lipinski definition) is 0. The molecule has 2 aromatic carbocycles. The molecule has 158 valence electrons. The first kappa shape index (κ1) is 23.3. The Bertz CT molecular complexity index is 716. The second-order valence-corrected chi connectivity index (χ2v) is 12.8. The van der Waals surface area contributed by atoms with Gasteiger partial charge in [-0.3, -0.25) is 4.79 Å². The van der Waals surface area contributed by atoms with Gasteiger partial charge >= 0.3 is 5.97 Å². The van der Waals surface area contributed by atoms with Crippen molar-refractivity contribution in [1.82, 2.24) is 0 Å². The van der Waals surface area contributed by atoms with Crippen molar-refractivity contribution in [3.63, 3.8) is 0 Å². The van der Waals surface area contributed by atoms with Crippen LogP contribution >= 0.6 is 0 Å². The van der Waals surface area contributed by atoms with Gasteiger partial charge in [-0.05, 0) is 21.3 Å². The van der Waals surface area contributed by atoms with Gasteiger partial charge in [-0.25, -0.2) is 0 Å². The van der Waals surface area contributed by atoms with Crippen LogP contribution in [0.1, 0.15) is 34.1 Å². The van der Waals surface area contributed by atoms with Crippen molar-refractivity contribution < 1.29 is 18.7 Å². The molecule has 2 aromatic rings. The fourth-order valence-electron chi connectivity index (χ4n) is 3.91. The van der Waals surface area contributed by atoms with Crippen LogP contribution in [0, 0.1) is 5.92 Å². The molecule has 0 saturated heterocycles. The van der Waals surface area contributed by atoms with E-state index in [4.69, 9.17) is 13.9 Å². The van der Waals surface area contributed by atoms with E-state index < -0.39 is 8.32 Å². The molecule has 0 aromatic heterocycles. The number of carbonyl (C=O) groups is 1. The molecule has 0 fully saturated rings. The van der Waals surface area contributed by atoms with Crippen LogP contribution in [0.4, 0.5) is 0 Å². The fraction of sp³-hybridized carbons (Fsp3) is 0.458. The quantitative estimate of drug-likeness (QED) is 0.463. The van der Waals surface area contributed by atoms with E-state index in [1.165, 1.54) is 17.5 Å². The van der Waals surface area contributed by atoms with Gasteiger partial charge in [0.2, 0.25) is 0 Å². The molecule has 0 heterocycles. The van der Waals surface area contributed by atoms with Crippen molar-refractivity contribution in [2.45, 2.75) is 45.3 Å². The zero-order valence-corrected chi connectivity index (χ0v) is 19.5. The Kier molecular flexibility index (Phi) is 8.20. The third-order valence-electron chi connectivity index (χ3n) is 5.53. The lowest BCUT2D eigenvalue weighted by atomic mass is 10.0. The minimum absolute atomic E-state index is 0.00864. The van der Waals surface area contributed by atoms with Crippen molar-refractivity contribution in [1.29, 1.82) is 0 Å². The number of rotatable bonds is 9. The van der Waals surface area contributed by atoms with E-state index in [1.807, 2.05) is 19.1 Å². The maximum atomic E-state index is 11.7. The van der Waals surface area contributed by atoms with Gasteiger partial charge in [-0.15, -0.1) is 0 Å². The van der Waals surface area contributed by atoms with Crippen LogP contribution in [-0.4, -0.2) is 41.2 Å². The summed E-state index contributed by atoms with van der Waals surface area (Å²) in [5, 5.41) is 2.36. The summed E-state index contributed by atoms with van der Waals surface area (Å²) in [7, 11) is 0.468. The van der Waals surface area contributed by atoms with Crippen molar-refractivity contribution in [2.24, 2.45) is 5.92 Å². The van der Waals surface area contributed by atoms with Gasteiger partial charge in [0.15, 0.2) is 0 Å². The smallest absolute Gasteiger partial charge is 0.305 e. The molecule has 5 heteroatoms. The largest absolute Gasteiger partial charge is 0.469 e. The summed E-state index contributed by atoms with van der Waals surface area (Å²) < 4.78 is 17.5. The molecule has 0 aliphatic carbocycles. The molecule has 0 amide bonds. The second kappa shape index (κ2) is 10.2. The van der Waals surface area contributed by atoms with Crippen LogP contribution in [0.15, 0.2) is 60.7 Å². The highest BCUT2D eigenvalue weighted by atomic mass is 28.4. The molecular weight excluding hydrogens is 380 g/mol. The third-order valence-corrected chi connectivity index (χ3v) is 10.5. The van der Waals surface area contributed by atoms with Gasteiger partial charge in [0.25, 0.3) is 8.32 Å². The van der Waals surface area contributed by atoms with E-state index in [9.17, 15) is 4.79 Å². The number of methoxy groups -OCH3 is 2. The van der Waals surface area contributed by atoms with E-state index in [0.29, 0.717) is 13.0 Å². The molecule has 0 saturated carbocycles. The molecule has 29 heavy (non-hydrogen) atoms. The molecule has 4 nitrogen and oxygen atoms in total. The van der Waals surface area contributed by atoms with Crippen LogP contribution in [0.5, 0.6) is 0 Å². The number of ether oxygens (including phenoxy) is 2. The number of esters is 1. The lowest BCUT2D eigenvalue weighted by molar-refractivity contribution is -0.143. The summed E-state index contributed by atoms with van der Waals surface area (Å²) in [6.07, 6.45) is 0.106. The highest BCUT2D eigenvalue weighted by Crippen LogP contribution is 2.37. The van der Waals surface area contributed by atoms with E-state index in [0.717, 1.165) is 0 Å². The molecule has 0 aliphatic rings. The van der Waals surface area contributed by atoms with E-state index in [-0.39, 0.29) is 23.0 Å². The summed E-state index contributed by atoms with van der Waals surface area (Å²) in [5.74, 6) is -0.240. The summed E-state index contributed by atoms with van der Waals surface area (Å²) in [4.78, 5) is 11.7. The van der Waals surface area contributed by atoms with Crippen LogP contribution in [-0.2, 0) is 18.7 Å². The zero-order valence-electron chi connectivity index (χ0n) is 18.5.